The highest BCUT2D eigenvalue weighted by atomic mass is 32.2. The Labute approximate surface area is 178 Å². The molecule has 1 amide bonds. The molecule has 30 heavy (non-hydrogen) atoms. The summed E-state index contributed by atoms with van der Waals surface area (Å²) >= 11 is 0. The molecule has 162 valence electrons. The summed E-state index contributed by atoms with van der Waals surface area (Å²) in [5, 5.41) is 2.79. The minimum atomic E-state index is -3.57. The Morgan fingerprint density at radius 1 is 0.933 bits per heavy atom. The molecule has 1 fully saturated rings. The third-order valence-electron chi connectivity index (χ3n) is 4.93. The largest absolute Gasteiger partial charge is 0.481 e. The molecule has 0 radical (unpaired) electrons. The second-order valence-electron chi connectivity index (χ2n) is 7.62. The fraction of sp³-hybridized carbons (Fsp3) is 0.409. The van der Waals surface area contributed by atoms with E-state index in [1.54, 1.807) is 19.1 Å². The van der Waals surface area contributed by atoms with Crippen molar-refractivity contribution in [3.63, 3.8) is 0 Å². The first-order valence-electron chi connectivity index (χ1n) is 10.1. The third-order valence-corrected chi connectivity index (χ3v) is 6.85. The van der Waals surface area contributed by atoms with Gasteiger partial charge in [-0.3, -0.25) is 4.79 Å². The van der Waals surface area contributed by atoms with Crippen LogP contribution in [0.3, 0.4) is 0 Å². The van der Waals surface area contributed by atoms with Gasteiger partial charge in [0.05, 0.1) is 4.90 Å². The fourth-order valence-electron chi connectivity index (χ4n) is 3.32. The first-order chi connectivity index (χ1) is 14.3. The first kappa shape index (κ1) is 22.1. The molecule has 0 aromatic heterocycles. The van der Waals surface area contributed by atoms with Crippen LogP contribution in [0.1, 0.15) is 20.8 Å². The third kappa shape index (κ3) is 5.31. The average Bonchev–Trinajstić information content (AvgIpc) is 2.74. The predicted octanol–water partition coefficient (Wildman–Crippen LogP) is 2.49. The van der Waals surface area contributed by atoms with Gasteiger partial charge in [-0.15, -0.1) is 0 Å². The number of hydrogen-bond donors (Lipinski definition) is 1. The van der Waals surface area contributed by atoms with Crippen molar-refractivity contribution in [1.82, 2.24) is 9.62 Å². The Bertz CT molecular complexity index is 938. The molecule has 0 aliphatic carbocycles. The Morgan fingerprint density at radius 2 is 1.53 bits per heavy atom. The maximum absolute atomic E-state index is 13.0. The summed E-state index contributed by atoms with van der Waals surface area (Å²) in [6, 6.07) is 16.3. The average molecular weight is 432 g/mol. The molecule has 1 atom stereocenters. The van der Waals surface area contributed by atoms with E-state index in [4.69, 9.17) is 4.74 Å². The van der Waals surface area contributed by atoms with E-state index in [1.165, 1.54) is 16.4 Å². The van der Waals surface area contributed by atoms with Gasteiger partial charge in [0.15, 0.2) is 6.10 Å². The molecule has 2 aromatic carbocycles. The van der Waals surface area contributed by atoms with E-state index in [0.717, 1.165) is 5.69 Å². The molecule has 0 saturated carbocycles. The Hall–Kier alpha value is -2.58. The zero-order chi connectivity index (χ0) is 21.7. The normalized spacial score (nSPS) is 16.3. The van der Waals surface area contributed by atoms with Crippen molar-refractivity contribution in [3.05, 3.63) is 54.6 Å². The number of para-hydroxylation sites is 1. The highest BCUT2D eigenvalue weighted by Crippen LogP contribution is 2.23. The van der Waals surface area contributed by atoms with Gasteiger partial charge in [0.2, 0.25) is 10.0 Å². The molecule has 0 bridgehead atoms. The number of ether oxygens (including phenoxy) is 1. The number of sulfonamides is 1. The molecule has 1 heterocycles. The molecule has 8 heteroatoms. The smallest absolute Gasteiger partial charge is 0.260 e. The van der Waals surface area contributed by atoms with Gasteiger partial charge >= 0.3 is 0 Å². The Kier molecular flexibility index (Phi) is 6.99. The highest BCUT2D eigenvalue weighted by molar-refractivity contribution is 7.89. The molecule has 2 aromatic rings. The minimum Gasteiger partial charge on any atom is -0.481 e. The number of nitrogens with zero attached hydrogens (tertiary/aromatic N) is 2. The van der Waals surface area contributed by atoms with Crippen molar-refractivity contribution in [2.75, 3.05) is 31.1 Å². The summed E-state index contributed by atoms with van der Waals surface area (Å²) in [4.78, 5) is 14.4. The minimum absolute atomic E-state index is 0.0263. The molecule has 3 rings (SSSR count). The van der Waals surface area contributed by atoms with Crippen LogP contribution in [0.5, 0.6) is 5.75 Å². The summed E-state index contributed by atoms with van der Waals surface area (Å²) < 4.78 is 33.1. The molecule has 0 spiro atoms. The van der Waals surface area contributed by atoms with Gasteiger partial charge in [0.1, 0.15) is 5.75 Å². The van der Waals surface area contributed by atoms with E-state index < -0.39 is 16.1 Å². The lowest BCUT2D eigenvalue weighted by molar-refractivity contribution is -0.127. The van der Waals surface area contributed by atoms with Crippen LogP contribution in [0.4, 0.5) is 5.69 Å². The van der Waals surface area contributed by atoms with Crippen LogP contribution in [-0.2, 0) is 14.8 Å². The van der Waals surface area contributed by atoms with Gasteiger partial charge in [0.25, 0.3) is 5.91 Å². The number of hydrogen-bond acceptors (Lipinski definition) is 5. The SMILES string of the molecule is CC(C)NC(=O)[C@H](C)Oc1ccc(S(=O)(=O)N2CCN(c3ccccc3)CC2)cc1. The Balaban J connectivity index is 1.61. The Morgan fingerprint density at radius 3 is 2.10 bits per heavy atom. The molecular weight excluding hydrogens is 402 g/mol. The lowest BCUT2D eigenvalue weighted by atomic mass is 10.2. The first-order valence-corrected chi connectivity index (χ1v) is 11.6. The number of piperazine rings is 1. The number of carbonyl (C=O) groups is 1. The number of rotatable bonds is 7. The predicted molar refractivity (Wildman–Crippen MR) is 117 cm³/mol. The zero-order valence-corrected chi connectivity index (χ0v) is 18.4. The number of carbonyl (C=O) groups excluding carboxylic acids is 1. The molecule has 1 N–H and O–H groups in total. The van der Waals surface area contributed by atoms with Crippen molar-refractivity contribution in [1.29, 1.82) is 0 Å². The molecule has 1 aliphatic heterocycles. The summed E-state index contributed by atoms with van der Waals surface area (Å²) in [5.74, 6) is 0.243. The van der Waals surface area contributed by atoms with Crippen LogP contribution in [0, 0.1) is 0 Å². The maximum Gasteiger partial charge on any atom is 0.260 e. The standard InChI is InChI=1S/C22H29N3O4S/c1-17(2)23-22(26)18(3)29-20-9-11-21(12-10-20)30(27,28)25-15-13-24(14-16-25)19-7-5-4-6-8-19/h4-12,17-18H,13-16H2,1-3H3,(H,23,26)/t18-/m0/s1. The van der Waals surface area contributed by atoms with Crippen LogP contribution in [-0.4, -0.2) is 57.0 Å². The maximum atomic E-state index is 13.0. The monoisotopic (exact) mass is 431 g/mol. The number of amides is 1. The highest BCUT2D eigenvalue weighted by Gasteiger charge is 2.28. The number of anilines is 1. The van der Waals surface area contributed by atoms with Crippen molar-refractivity contribution in [3.8, 4) is 5.75 Å². The molecule has 1 saturated heterocycles. The summed E-state index contributed by atoms with van der Waals surface area (Å²) in [6.07, 6.45) is -0.666. The summed E-state index contributed by atoms with van der Waals surface area (Å²) in [5.41, 5.74) is 1.10. The van der Waals surface area contributed by atoms with Crippen LogP contribution in [0.25, 0.3) is 0 Å². The van der Waals surface area contributed by atoms with E-state index >= 15 is 0 Å². The van der Waals surface area contributed by atoms with Gasteiger partial charge in [-0.05, 0) is 57.2 Å². The fourth-order valence-corrected chi connectivity index (χ4v) is 4.75. The second-order valence-corrected chi connectivity index (χ2v) is 9.56. The molecular formula is C22H29N3O4S. The van der Waals surface area contributed by atoms with Gasteiger partial charge < -0.3 is 15.0 Å². The lowest BCUT2D eigenvalue weighted by Crippen LogP contribution is -2.48. The van der Waals surface area contributed by atoms with Gasteiger partial charge in [-0.1, -0.05) is 18.2 Å². The van der Waals surface area contributed by atoms with Crippen molar-refractivity contribution in [2.45, 2.75) is 37.8 Å². The van der Waals surface area contributed by atoms with Crippen LogP contribution < -0.4 is 15.0 Å². The van der Waals surface area contributed by atoms with Gasteiger partial charge in [-0.25, -0.2) is 8.42 Å². The summed E-state index contributed by atoms with van der Waals surface area (Å²) in [7, 11) is -3.57. The van der Waals surface area contributed by atoms with E-state index in [1.807, 2.05) is 44.2 Å². The molecule has 1 aliphatic rings. The van der Waals surface area contributed by atoms with Crippen molar-refractivity contribution in [2.24, 2.45) is 0 Å². The molecule has 0 unspecified atom stereocenters. The number of benzene rings is 2. The second kappa shape index (κ2) is 9.49. The zero-order valence-electron chi connectivity index (χ0n) is 17.6. The van der Waals surface area contributed by atoms with Gasteiger partial charge in [-0.2, -0.15) is 4.31 Å². The quantitative estimate of drug-likeness (QED) is 0.729. The van der Waals surface area contributed by atoms with E-state index in [-0.39, 0.29) is 16.8 Å². The van der Waals surface area contributed by atoms with Gasteiger partial charge in [0, 0.05) is 37.9 Å². The van der Waals surface area contributed by atoms with Crippen LogP contribution >= 0.6 is 0 Å². The van der Waals surface area contributed by atoms with E-state index in [0.29, 0.717) is 31.9 Å². The van der Waals surface area contributed by atoms with E-state index in [9.17, 15) is 13.2 Å². The molecule has 7 nitrogen and oxygen atoms in total. The van der Waals surface area contributed by atoms with Crippen molar-refractivity contribution >= 4 is 21.6 Å². The topological polar surface area (TPSA) is 78.9 Å². The van der Waals surface area contributed by atoms with Crippen molar-refractivity contribution < 1.29 is 17.9 Å². The lowest BCUT2D eigenvalue weighted by Gasteiger charge is -2.35. The number of nitrogens with one attached hydrogen (secondary N) is 1. The van der Waals surface area contributed by atoms with Crippen LogP contribution in [0.2, 0.25) is 0 Å². The van der Waals surface area contributed by atoms with Crippen LogP contribution in [0.15, 0.2) is 59.5 Å². The summed E-state index contributed by atoms with van der Waals surface area (Å²) in [6.45, 7) is 7.58. The van der Waals surface area contributed by atoms with E-state index in [2.05, 4.69) is 10.2 Å².